The van der Waals surface area contributed by atoms with E-state index in [1.165, 1.54) is 5.56 Å². The Balaban J connectivity index is 1.82. The number of aryl methyl sites for hydroxylation is 2. The second kappa shape index (κ2) is 6.27. The summed E-state index contributed by atoms with van der Waals surface area (Å²) in [4.78, 5) is 4.74. The van der Waals surface area contributed by atoms with Crippen LogP contribution in [0.2, 0.25) is 0 Å². The van der Waals surface area contributed by atoms with E-state index in [1.54, 1.807) is 7.11 Å². The molecule has 1 aromatic heterocycles. The number of halogens is 1. The quantitative estimate of drug-likeness (QED) is 0.680. The lowest BCUT2D eigenvalue weighted by Gasteiger charge is -2.07. The number of hydrogen-bond acceptors (Lipinski definition) is 2. The SMILES string of the molecule is COc1cccc2ccc(CCc3ccc(Br)cc3)nc12. The van der Waals surface area contributed by atoms with E-state index in [4.69, 9.17) is 9.72 Å². The van der Waals surface area contributed by atoms with Crippen LogP contribution in [-0.4, -0.2) is 12.1 Å². The molecule has 0 radical (unpaired) electrons. The van der Waals surface area contributed by atoms with E-state index >= 15 is 0 Å². The van der Waals surface area contributed by atoms with Crippen molar-refractivity contribution in [1.82, 2.24) is 4.98 Å². The first kappa shape index (κ1) is 14.1. The number of rotatable bonds is 4. The highest BCUT2D eigenvalue weighted by Crippen LogP contribution is 2.24. The molecular weight excluding hydrogens is 326 g/mol. The summed E-state index contributed by atoms with van der Waals surface area (Å²) < 4.78 is 6.50. The lowest BCUT2D eigenvalue weighted by molar-refractivity contribution is 0.419. The Labute approximate surface area is 132 Å². The molecule has 3 heteroatoms. The maximum Gasteiger partial charge on any atom is 0.145 e. The number of para-hydroxylation sites is 1. The third kappa shape index (κ3) is 3.24. The molecule has 106 valence electrons. The van der Waals surface area contributed by atoms with Gasteiger partial charge in [0.1, 0.15) is 11.3 Å². The molecule has 0 bridgehead atoms. The summed E-state index contributed by atoms with van der Waals surface area (Å²) in [6.45, 7) is 0. The molecule has 0 aliphatic heterocycles. The second-order valence-electron chi connectivity index (χ2n) is 4.96. The third-order valence-electron chi connectivity index (χ3n) is 3.54. The average molecular weight is 342 g/mol. The number of pyridine rings is 1. The number of nitrogens with zero attached hydrogens (tertiary/aromatic N) is 1. The van der Waals surface area contributed by atoms with Gasteiger partial charge in [-0.1, -0.05) is 46.3 Å². The molecule has 0 aliphatic carbocycles. The first-order chi connectivity index (χ1) is 10.3. The van der Waals surface area contributed by atoms with Gasteiger partial charge in [0.25, 0.3) is 0 Å². The van der Waals surface area contributed by atoms with Crippen molar-refractivity contribution in [3.05, 3.63) is 70.3 Å². The molecule has 0 saturated heterocycles. The van der Waals surface area contributed by atoms with Gasteiger partial charge in [0.15, 0.2) is 0 Å². The summed E-state index contributed by atoms with van der Waals surface area (Å²) >= 11 is 3.46. The van der Waals surface area contributed by atoms with Gasteiger partial charge in [0.2, 0.25) is 0 Å². The van der Waals surface area contributed by atoms with Crippen LogP contribution in [0.25, 0.3) is 10.9 Å². The molecule has 0 unspecified atom stereocenters. The summed E-state index contributed by atoms with van der Waals surface area (Å²) in [7, 11) is 1.69. The molecule has 0 spiro atoms. The van der Waals surface area contributed by atoms with Crippen LogP contribution < -0.4 is 4.74 Å². The Morgan fingerprint density at radius 2 is 1.76 bits per heavy atom. The number of benzene rings is 2. The van der Waals surface area contributed by atoms with Crippen molar-refractivity contribution in [2.24, 2.45) is 0 Å². The van der Waals surface area contributed by atoms with Gasteiger partial charge in [-0.2, -0.15) is 0 Å². The van der Waals surface area contributed by atoms with Crippen LogP contribution in [0.1, 0.15) is 11.3 Å². The Hall–Kier alpha value is -1.87. The summed E-state index contributed by atoms with van der Waals surface area (Å²) in [6.07, 6.45) is 1.91. The maximum absolute atomic E-state index is 5.39. The van der Waals surface area contributed by atoms with Crippen LogP contribution >= 0.6 is 15.9 Å². The predicted octanol–water partition coefficient (Wildman–Crippen LogP) is 4.79. The smallest absolute Gasteiger partial charge is 0.145 e. The van der Waals surface area contributed by atoms with E-state index in [9.17, 15) is 0 Å². The van der Waals surface area contributed by atoms with Crippen LogP contribution in [0.4, 0.5) is 0 Å². The van der Waals surface area contributed by atoms with Gasteiger partial charge < -0.3 is 4.74 Å². The van der Waals surface area contributed by atoms with E-state index in [0.717, 1.165) is 39.7 Å². The molecule has 2 nitrogen and oxygen atoms in total. The van der Waals surface area contributed by atoms with E-state index in [0.29, 0.717) is 0 Å². The minimum Gasteiger partial charge on any atom is -0.494 e. The fourth-order valence-electron chi connectivity index (χ4n) is 2.39. The first-order valence-corrected chi connectivity index (χ1v) is 7.72. The molecule has 0 saturated carbocycles. The van der Waals surface area contributed by atoms with Gasteiger partial charge in [-0.05, 0) is 42.7 Å². The standard InChI is InChI=1S/C18H16BrNO/c1-21-17-4-2-3-14-8-12-16(20-18(14)17)11-7-13-5-9-15(19)10-6-13/h2-6,8-10,12H,7,11H2,1H3. The summed E-state index contributed by atoms with van der Waals surface area (Å²) in [5, 5.41) is 1.11. The molecule has 0 aliphatic rings. The number of ether oxygens (including phenoxy) is 1. The highest BCUT2D eigenvalue weighted by atomic mass is 79.9. The molecule has 3 rings (SSSR count). The van der Waals surface area contributed by atoms with Gasteiger partial charge in [0.05, 0.1) is 7.11 Å². The van der Waals surface area contributed by atoms with Crippen molar-refractivity contribution < 1.29 is 4.74 Å². The molecule has 0 atom stereocenters. The van der Waals surface area contributed by atoms with Crippen LogP contribution in [-0.2, 0) is 12.8 Å². The number of hydrogen-bond donors (Lipinski definition) is 0. The Morgan fingerprint density at radius 1 is 0.952 bits per heavy atom. The molecule has 0 N–H and O–H groups in total. The van der Waals surface area contributed by atoms with Gasteiger partial charge >= 0.3 is 0 Å². The van der Waals surface area contributed by atoms with Crippen molar-refractivity contribution in [3.8, 4) is 5.75 Å². The number of aromatic nitrogens is 1. The molecule has 2 aromatic carbocycles. The zero-order valence-electron chi connectivity index (χ0n) is 11.8. The maximum atomic E-state index is 5.39. The summed E-state index contributed by atoms with van der Waals surface area (Å²) in [6, 6.07) is 18.7. The van der Waals surface area contributed by atoms with E-state index in [1.807, 2.05) is 12.1 Å². The second-order valence-corrected chi connectivity index (χ2v) is 5.88. The molecule has 21 heavy (non-hydrogen) atoms. The lowest BCUT2D eigenvalue weighted by atomic mass is 10.1. The largest absolute Gasteiger partial charge is 0.494 e. The minimum absolute atomic E-state index is 0.831. The number of methoxy groups -OCH3 is 1. The monoisotopic (exact) mass is 341 g/mol. The topological polar surface area (TPSA) is 22.1 Å². The van der Waals surface area contributed by atoms with E-state index in [-0.39, 0.29) is 0 Å². The molecular formula is C18H16BrNO. The Bertz CT molecular complexity index is 753. The normalized spacial score (nSPS) is 10.8. The van der Waals surface area contributed by atoms with E-state index in [2.05, 4.69) is 58.4 Å². The first-order valence-electron chi connectivity index (χ1n) is 6.93. The highest BCUT2D eigenvalue weighted by Gasteiger charge is 2.04. The van der Waals surface area contributed by atoms with Crippen LogP contribution in [0.5, 0.6) is 5.75 Å². The lowest BCUT2D eigenvalue weighted by Crippen LogP contribution is -1.96. The Kier molecular flexibility index (Phi) is 4.20. The van der Waals surface area contributed by atoms with E-state index < -0.39 is 0 Å². The van der Waals surface area contributed by atoms with Crippen molar-refractivity contribution in [2.75, 3.05) is 7.11 Å². The molecule has 0 fully saturated rings. The minimum atomic E-state index is 0.831. The van der Waals surface area contributed by atoms with Crippen LogP contribution in [0.15, 0.2) is 59.1 Å². The zero-order chi connectivity index (χ0) is 14.7. The van der Waals surface area contributed by atoms with Crippen molar-refractivity contribution >= 4 is 26.8 Å². The van der Waals surface area contributed by atoms with Crippen molar-refractivity contribution in [2.45, 2.75) is 12.8 Å². The highest BCUT2D eigenvalue weighted by molar-refractivity contribution is 9.10. The fourth-order valence-corrected chi connectivity index (χ4v) is 2.65. The summed E-state index contributed by atoms with van der Waals surface area (Å²) in [5.41, 5.74) is 3.35. The molecule has 3 aromatic rings. The zero-order valence-corrected chi connectivity index (χ0v) is 13.4. The van der Waals surface area contributed by atoms with Crippen LogP contribution in [0.3, 0.4) is 0 Å². The molecule has 0 amide bonds. The Morgan fingerprint density at radius 3 is 2.52 bits per heavy atom. The number of fused-ring (bicyclic) bond motifs is 1. The summed E-state index contributed by atoms with van der Waals surface area (Å²) in [5.74, 6) is 0.831. The molecule has 1 heterocycles. The van der Waals surface area contributed by atoms with Crippen molar-refractivity contribution in [3.63, 3.8) is 0 Å². The third-order valence-corrected chi connectivity index (χ3v) is 4.07. The van der Waals surface area contributed by atoms with Gasteiger partial charge in [-0.3, -0.25) is 0 Å². The van der Waals surface area contributed by atoms with Crippen molar-refractivity contribution in [1.29, 1.82) is 0 Å². The fraction of sp³-hybridized carbons (Fsp3) is 0.167. The van der Waals surface area contributed by atoms with Gasteiger partial charge in [0, 0.05) is 15.6 Å². The van der Waals surface area contributed by atoms with Gasteiger partial charge in [-0.15, -0.1) is 0 Å². The van der Waals surface area contributed by atoms with Gasteiger partial charge in [-0.25, -0.2) is 4.98 Å². The average Bonchev–Trinajstić information content (AvgIpc) is 2.53. The van der Waals surface area contributed by atoms with Crippen LogP contribution in [0, 0.1) is 0 Å². The predicted molar refractivity (Wildman–Crippen MR) is 89.8 cm³/mol.